The number of carbonyl (C=O) groups is 2. The summed E-state index contributed by atoms with van der Waals surface area (Å²) >= 11 is 6.16. The molecule has 4 aromatic rings. The number of anilines is 2. The fourth-order valence-corrected chi connectivity index (χ4v) is 5.10. The molecule has 1 saturated carbocycles. The summed E-state index contributed by atoms with van der Waals surface area (Å²) in [6, 6.07) is 20.6. The van der Waals surface area contributed by atoms with Gasteiger partial charge < -0.3 is 14.8 Å². The van der Waals surface area contributed by atoms with Gasteiger partial charge in [0.25, 0.3) is 0 Å². The van der Waals surface area contributed by atoms with Crippen LogP contribution in [0.4, 0.5) is 25.0 Å². The molecule has 0 radical (unpaired) electrons. The zero-order chi connectivity index (χ0) is 26.4. The summed E-state index contributed by atoms with van der Waals surface area (Å²) < 4.78 is 29.6. The number of fused-ring (bicyclic) bond motifs is 3. The molecule has 6 nitrogen and oxygen atoms in total. The van der Waals surface area contributed by atoms with Crippen molar-refractivity contribution in [2.45, 2.75) is 24.9 Å². The van der Waals surface area contributed by atoms with E-state index < -0.39 is 23.7 Å². The molecule has 1 aliphatic heterocycles. The van der Waals surface area contributed by atoms with Gasteiger partial charge in [-0.2, -0.15) is 0 Å². The van der Waals surface area contributed by atoms with E-state index in [-0.39, 0.29) is 24.2 Å². The van der Waals surface area contributed by atoms with E-state index in [4.69, 9.17) is 11.6 Å². The van der Waals surface area contributed by atoms with E-state index >= 15 is 0 Å². The Labute approximate surface area is 223 Å². The first-order chi connectivity index (χ1) is 18.4. The molecule has 1 N–H and O–H groups in total. The number of benzene rings is 3. The van der Waals surface area contributed by atoms with Crippen molar-refractivity contribution in [3.63, 3.8) is 0 Å². The first-order valence-electron chi connectivity index (χ1n) is 12.3. The number of aromatic nitrogens is 1. The van der Waals surface area contributed by atoms with Gasteiger partial charge in [0.1, 0.15) is 24.2 Å². The molecule has 1 aromatic heterocycles. The van der Waals surface area contributed by atoms with Gasteiger partial charge in [0.15, 0.2) is 0 Å². The standard InChI is InChI=1S/C29H23ClF2N4O2/c30-19-9-7-18(8-10-19)28-26-6-3-15-34(26)24-4-1-2-5-25(24)36(28)27(37)17-35(21-12-13-21)29(38)33-23-14-11-20(31)16-22(23)32/h1-11,14-16,21,28H,12-13,17H2,(H,33,38). The Kier molecular flexibility index (Phi) is 6.12. The van der Waals surface area contributed by atoms with Crippen molar-refractivity contribution in [2.75, 3.05) is 16.8 Å². The highest BCUT2D eigenvalue weighted by molar-refractivity contribution is 6.30. The third-order valence-electron chi connectivity index (χ3n) is 6.90. The van der Waals surface area contributed by atoms with Crippen LogP contribution in [0.5, 0.6) is 0 Å². The maximum Gasteiger partial charge on any atom is 0.322 e. The molecule has 1 unspecified atom stereocenters. The summed E-state index contributed by atoms with van der Waals surface area (Å²) in [5.74, 6) is -1.91. The van der Waals surface area contributed by atoms with Crippen LogP contribution < -0.4 is 10.2 Å². The molecular formula is C29H23ClF2N4O2. The summed E-state index contributed by atoms with van der Waals surface area (Å²) in [6.45, 7) is -0.210. The van der Waals surface area contributed by atoms with E-state index in [1.165, 1.54) is 11.0 Å². The van der Waals surface area contributed by atoms with Crippen LogP contribution in [0.2, 0.25) is 5.02 Å². The highest BCUT2D eigenvalue weighted by Gasteiger charge is 2.40. The highest BCUT2D eigenvalue weighted by Crippen LogP contribution is 2.42. The molecular weight excluding hydrogens is 510 g/mol. The van der Waals surface area contributed by atoms with Gasteiger partial charge in [-0.05, 0) is 66.9 Å². The molecule has 1 fully saturated rings. The molecule has 0 bridgehead atoms. The molecule has 2 heterocycles. The van der Waals surface area contributed by atoms with Gasteiger partial charge in [-0.1, -0.05) is 35.9 Å². The maximum atomic E-state index is 14.2. The van der Waals surface area contributed by atoms with Crippen molar-refractivity contribution >= 4 is 34.9 Å². The molecule has 192 valence electrons. The van der Waals surface area contributed by atoms with Crippen molar-refractivity contribution in [2.24, 2.45) is 0 Å². The smallest absolute Gasteiger partial charge is 0.316 e. The minimum atomic E-state index is -0.881. The monoisotopic (exact) mass is 532 g/mol. The molecule has 3 aromatic carbocycles. The Morgan fingerprint density at radius 3 is 2.39 bits per heavy atom. The predicted molar refractivity (Wildman–Crippen MR) is 142 cm³/mol. The number of para-hydroxylation sites is 2. The van der Waals surface area contributed by atoms with E-state index in [0.717, 1.165) is 35.9 Å². The number of carbonyl (C=O) groups excluding carboxylic acids is 2. The van der Waals surface area contributed by atoms with Crippen molar-refractivity contribution in [1.29, 1.82) is 0 Å². The summed E-state index contributed by atoms with van der Waals surface area (Å²) in [5.41, 5.74) is 3.18. The summed E-state index contributed by atoms with van der Waals surface area (Å²) in [7, 11) is 0. The SMILES string of the molecule is O=C(Nc1ccc(F)cc1F)N(CC(=O)N1c2ccccc2-n2cccc2C1c1ccc(Cl)cc1)C1CC1. The van der Waals surface area contributed by atoms with Gasteiger partial charge in [-0.25, -0.2) is 13.6 Å². The van der Waals surface area contributed by atoms with Crippen LogP contribution >= 0.6 is 11.6 Å². The molecule has 6 rings (SSSR count). The average molecular weight is 533 g/mol. The van der Waals surface area contributed by atoms with Crippen molar-refractivity contribution in [3.8, 4) is 5.69 Å². The number of rotatable bonds is 5. The summed E-state index contributed by atoms with van der Waals surface area (Å²) in [4.78, 5) is 30.5. The van der Waals surface area contributed by atoms with Gasteiger partial charge in [-0.15, -0.1) is 0 Å². The molecule has 3 amide bonds. The number of nitrogens with zero attached hydrogens (tertiary/aromatic N) is 3. The summed E-state index contributed by atoms with van der Waals surface area (Å²) in [6.07, 6.45) is 3.44. The van der Waals surface area contributed by atoms with Crippen LogP contribution in [0.3, 0.4) is 0 Å². The Hall–Kier alpha value is -4.17. The fraction of sp³-hybridized carbons (Fsp3) is 0.172. The van der Waals surface area contributed by atoms with Gasteiger partial charge in [-0.3, -0.25) is 9.69 Å². The van der Waals surface area contributed by atoms with Crippen LogP contribution in [-0.2, 0) is 4.79 Å². The number of hydrogen-bond acceptors (Lipinski definition) is 2. The van der Waals surface area contributed by atoms with Gasteiger partial charge in [0.05, 0.1) is 22.8 Å². The van der Waals surface area contributed by atoms with E-state index in [1.807, 2.05) is 54.7 Å². The lowest BCUT2D eigenvalue weighted by Gasteiger charge is -2.39. The average Bonchev–Trinajstić information content (AvgIpc) is 3.63. The molecule has 0 saturated heterocycles. The molecule has 1 aliphatic carbocycles. The van der Waals surface area contributed by atoms with Gasteiger partial charge in [0, 0.05) is 23.3 Å². The summed E-state index contributed by atoms with van der Waals surface area (Å²) in [5, 5.41) is 3.09. The normalized spacial score (nSPS) is 16.0. The number of nitrogens with one attached hydrogen (secondary N) is 1. The maximum absolute atomic E-state index is 14.2. The lowest BCUT2D eigenvalue weighted by molar-refractivity contribution is -0.119. The zero-order valence-corrected chi connectivity index (χ0v) is 20.9. The molecule has 1 atom stereocenters. The van der Waals surface area contributed by atoms with E-state index in [0.29, 0.717) is 16.8 Å². The predicted octanol–water partition coefficient (Wildman–Crippen LogP) is 6.54. The van der Waals surface area contributed by atoms with Gasteiger partial charge >= 0.3 is 6.03 Å². The Bertz CT molecular complexity index is 1530. The molecule has 0 spiro atoms. The lowest BCUT2D eigenvalue weighted by Crippen LogP contribution is -2.48. The highest BCUT2D eigenvalue weighted by atomic mass is 35.5. The van der Waals surface area contributed by atoms with Crippen molar-refractivity contribution in [1.82, 2.24) is 9.47 Å². The van der Waals surface area contributed by atoms with Crippen LogP contribution in [0.1, 0.15) is 30.1 Å². The Morgan fingerprint density at radius 2 is 1.68 bits per heavy atom. The topological polar surface area (TPSA) is 57.6 Å². The number of hydrogen-bond donors (Lipinski definition) is 1. The second-order valence-electron chi connectivity index (χ2n) is 9.42. The largest absolute Gasteiger partial charge is 0.322 e. The van der Waals surface area contributed by atoms with E-state index in [2.05, 4.69) is 9.88 Å². The van der Waals surface area contributed by atoms with Crippen LogP contribution in [0, 0.1) is 11.6 Å². The lowest BCUT2D eigenvalue weighted by atomic mass is 9.97. The first-order valence-corrected chi connectivity index (χ1v) is 12.7. The van der Waals surface area contributed by atoms with E-state index in [1.54, 1.807) is 17.0 Å². The number of urea groups is 1. The molecule has 2 aliphatic rings. The van der Waals surface area contributed by atoms with Crippen molar-refractivity contribution in [3.05, 3.63) is 113 Å². The zero-order valence-electron chi connectivity index (χ0n) is 20.2. The van der Waals surface area contributed by atoms with Crippen molar-refractivity contribution < 1.29 is 18.4 Å². The van der Waals surface area contributed by atoms with E-state index in [9.17, 15) is 18.4 Å². The molecule has 9 heteroatoms. The second-order valence-corrected chi connectivity index (χ2v) is 9.86. The fourth-order valence-electron chi connectivity index (χ4n) is 4.98. The van der Waals surface area contributed by atoms with Gasteiger partial charge in [0.2, 0.25) is 5.91 Å². The van der Waals surface area contributed by atoms with Crippen LogP contribution in [0.25, 0.3) is 5.69 Å². The molecule has 38 heavy (non-hydrogen) atoms. The quantitative estimate of drug-likeness (QED) is 0.317. The Morgan fingerprint density at radius 1 is 0.947 bits per heavy atom. The van der Waals surface area contributed by atoms with Crippen LogP contribution in [0.15, 0.2) is 85.1 Å². The number of amides is 3. The first kappa shape index (κ1) is 24.2. The van der Waals surface area contributed by atoms with Crippen LogP contribution in [-0.4, -0.2) is 34.0 Å². The minimum Gasteiger partial charge on any atom is -0.316 e. The third-order valence-corrected chi connectivity index (χ3v) is 7.15. The second kappa shape index (κ2) is 9.61. The third kappa shape index (κ3) is 4.41. The minimum absolute atomic E-state index is 0.139. The Balaban J connectivity index is 1.35. The number of halogens is 3.